The molecule has 1 aliphatic rings. The van der Waals surface area contributed by atoms with Crippen molar-refractivity contribution in [1.29, 1.82) is 5.26 Å². The van der Waals surface area contributed by atoms with Crippen LogP contribution >= 0.6 is 0 Å². The fourth-order valence-electron chi connectivity index (χ4n) is 1.25. The Labute approximate surface area is 67.3 Å². The van der Waals surface area contributed by atoms with Gasteiger partial charge in [0.15, 0.2) is 0 Å². The first kappa shape index (κ1) is 8.06. The van der Waals surface area contributed by atoms with Crippen LogP contribution in [0.15, 0.2) is 4.99 Å². The topological polar surface area (TPSA) is 39.4 Å². The zero-order chi connectivity index (χ0) is 8.10. The molecule has 0 aromatic rings. The second-order valence-electron chi connectivity index (χ2n) is 3.06. The molecule has 0 aromatic heterocycles. The normalized spacial score (nSPS) is 20.5. The van der Waals surface area contributed by atoms with Crippen molar-refractivity contribution in [3.63, 3.8) is 0 Å². The first-order valence-electron chi connectivity index (χ1n) is 3.99. The summed E-state index contributed by atoms with van der Waals surface area (Å²) in [7, 11) is 0. The maximum atomic E-state index is 8.17. The maximum absolute atomic E-state index is 8.17. The Hall–Kier alpha value is -1.04. The lowest BCUT2D eigenvalue weighted by Gasteiger charge is -2.27. The van der Waals surface area contributed by atoms with Gasteiger partial charge in [0.05, 0.1) is 0 Å². The molecule has 0 aromatic carbocycles. The van der Waals surface area contributed by atoms with Crippen molar-refractivity contribution in [3.05, 3.63) is 0 Å². The summed E-state index contributed by atoms with van der Waals surface area (Å²) in [5, 5.41) is 8.17. The molecule has 0 spiro atoms. The first-order valence-corrected chi connectivity index (χ1v) is 3.99. The van der Waals surface area contributed by atoms with E-state index in [0.29, 0.717) is 0 Å². The minimum Gasteiger partial charge on any atom is -0.362 e. The number of hydrogen-bond donors (Lipinski definition) is 0. The van der Waals surface area contributed by atoms with Gasteiger partial charge in [-0.05, 0) is 18.8 Å². The summed E-state index contributed by atoms with van der Waals surface area (Å²) in [6.45, 7) is 4.36. The Morgan fingerprint density at radius 3 is 2.73 bits per heavy atom. The molecule has 0 amide bonds. The van der Waals surface area contributed by atoms with Gasteiger partial charge in [0.2, 0.25) is 6.19 Å². The molecule has 60 valence electrons. The number of likely N-dealkylation sites (tertiary alicyclic amines) is 1. The van der Waals surface area contributed by atoms with E-state index in [2.05, 4.69) is 16.8 Å². The molecule has 0 aliphatic carbocycles. The van der Waals surface area contributed by atoms with E-state index in [9.17, 15) is 0 Å². The van der Waals surface area contributed by atoms with Gasteiger partial charge in [-0.2, -0.15) is 10.3 Å². The third-order valence-corrected chi connectivity index (χ3v) is 2.10. The van der Waals surface area contributed by atoms with Crippen molar-refractivity contribution in [3.8, 4) is 6.19 Å². The van der Waals surface area contributed by atoms with Crippen LogP contribution < -0.4 is 0 Å². The van der Waals surface area contributed by atoms with E-state index in [4.69, 9.17) is 5.26 Å². The number of piperidine rings is 1. The fourth-order valence-corrected chi connectivity index (χ4v) is 1.25. The predicted molar refractivity (Wildman–Crippen MR) is 44.1 cm³/mol. The summed E-state index contributed by atoms with van der Waals surface area (Å²) in [6.07, 6.45) is 5.84. The van der Waals surface area contributed by atoms with Crippen molar-refractivity contribution in [2.24, 2.45) is 10.9 Å². The summed E-state index contributed by atoms with van der Waals surface area (Å²) >= 11 is 0. The van der Waals surface area contributed by atoms with Gasteiger partial charge in [-0.15, -0.1) is 0 Å². The third kappa shape index (κ3) is 2.58. The molecule has 3 heteroatoms. The number of aliphatic imine (C=N–C) groups is 1. The molecule has 0 unspecified atom stereocenters. The van der Waals surface area contributed by atoms with Crippen molar-refractivity contribution >= 4 is 6.34 Å². The molecule has 11 heavy (non-hydrogen) atoms. The average molecular weight is 151 g/mol. The summed E-state index contributed by atoms with van der Waals surface area (Å²) < 4.78 is 0. The number of nitrogens with zero attached hydrogens (tertiary/aromatic N) is 3. The summed E-state index contributed by atoms with van der Waals surface area (Å²) in [5.41, 5.74) is 0. The van der Waals surface area contributed by atoms with Gasteiger partial charge in [0.25, 0.3) is 0 Å². The van der Waals surface area contributed by atoms with Gasteiger partial charge < -0.3 is 4.90 Å². The zero-order valence-electron chi connectivity index (χ0n) is 6.82. The number of nitriles is 1. The largest absolute Gasteiger partial charge is 0.362 e. The highest BCUT2D eigenvalue weighted by Crippen LogP contribution is 2.14. The second-order valence-corrected chi connectivity index (χ2v) is 3.06. The van der Waals surface area contributed by atoms with E-state index < -0.39 is 0 Å². The van der Waals surface area contributed by atoms with Gasteiger partial charge in [0.1, 0.15) is 6.34 Å². The number of rotatable bonds is 1. The SMILES string of the molecule is CC1CCN(C=NC#N)CC1. The van der Waals surface area contributed by atoms with Gasteiger partial charge in [0, 0.05) is 13.1 Å². The van der Waals surface area contributed by atoms with E-state index in [0.717, 1.165) is 19.0 Å². The Morgan fingerprint density at radius 2 is 2.18 bits per heavy atom. The fraction of sp³-hybridized carbons (Fsp3) is 0.750. The Morgan fingerprint density at radius 1 is 1.55 bits per heavy atom. The molecule has 0 radical (unpaired) electrons. The third-order valence-electron chi connectivity index (χ3n) is 2.10. The monoisotopic (exact) mass is 151 g/mol. The Kier molecular flexibility index (Phi) is 2.91. The molecule has 1 heterocycles. The Bertz CT molecular complexity index is 172. The minimum absolute atomic E-state index is 0.835. The Balaban J connectivity index is 2.29. The molecular formula is C8H13N3. The molecule has 0 bridgehead atoms. The standard InChI is InChI=1S/C8H13N3/c1-8-2-4-11(5-3-8)7-10-6-9/h7-8H,2-5H2,1H3. The quantitative estimate of drug-likeness (QED) is 0.321. The molecule has 0 atom stereocenters. The van der Waals surface area contributed by atoms with E-state index in [-0.39, 0.29) is 0 Å². The molecule has 0 N–H and O–H groups in total. The first-order chi connectivity index (χ1) is 5.33. The van der Waals surface area contributed by atoms with Crippen molar-refractivity contribution in [2.75, 3.05) is 13.1 Å². The second kappa shape index (κ2) is 3.97. The minimum atomic E-state index is 0.835. The lowest BCUT2D eigenvalue weighted by atomic mass is 10.00. The van der Waals surface area contributed by atoms with Crippen LogP contribution in [0, 0.1) is 17.4 Å². The van der Waals surface area contributed by atoms with E-state index >= 15 is 0 Å². The van der Waals surface area contributed by atoms with Crippen molar-refractivity contribution in [1.82, 2.24) is 4.90 Å². The molecular weight excluding hydrogens is 138 g/mol. The van der Waals surface area contributed by atoms with Crippen LogP contribution in [-0.4, -0.2) is 24.3 Å². The van der Waals surface area contributed by atoms with E-state index in [1.807, 2.05) is 0 Å². The van der Waals surface area contributed by atoms with Crippen LogP contribution in [0.3, 0.4) is 0 Å². The van der Waals surface area contributed by atoms with Crippen LogP contribution in [0.2, 0.25) is 0 Å². The van der Waals surface area contributed by atoms with Crippen molar-refractivity contribution < 1.29 is 0 Å². The average Bonchev–Trinajstić information content (AvgIpc) is 2.04. The lowest BCUT2D eigenvalue weighted by Crippen LogP contribution is -2.31. The van der Waals surface area contributed by atoms with Crippen LogP contribution in [0.4, 0.5) is 0 Å². The summed E-state index contributed by atoms with van der Waals surface area (Å²) in [5.74, 6) is 0.835. The number of hydrogen-bond acceptors (Lipinski definition) is 2. The van der Waals surface area contributed by atoms with Gasteiger partial charge in [-0.3, -0.25) is 0 Å². The van der Waals surface area contributed by atoms with Crippen LogP contribution in [-0.2, 0) is 0 Å². The predicted octanol–water partition coefficient (Wildman–Crippen LogP) is 1.23. The molecule has 3 nitrogen and oxygen atoms in total. The zero-order valence-corrected chi connectivity index (χ0v) is 6.82. The lowest BCUT2D eigenvalue weighted by molar-refractivity contribution is 0.287. The molecule has 1 saturated heterocycles. The van der Waals surface area contributed by atoms with Gasteiger partial charge >= 0.3 is 0 Å². The van der Waals surface area contributed by atoms with Gasteiger partial charge in [-0.1, -0.05) is 6.92 Å². The van der Waals surface area contributed by atoms with Gasteiger partial charge in [-0.25, -0.2) is 0 Å². The highest BCUT2D eigenvalue weighted by molar-refractivity contribution is 5.56. The summed E-state index contributed by atoms with van der Waals surface area (Å²) in [4.78, 5) is 5.63. The van der Waals surface area contributed by atoms with E-state index in [1.165, 1.54) is 12.8 Å². The smallest absolute Gasteiger partial charge is 0.207 e. The van der Waals surface area contributed by atoms with Crippen LogP contribution in [0.25, 0.3) is 0 Å². The molecule has 1 aliphatic heterocycles. The molecule has 0 saturated carbocycles. The van der Waals surface area contributed by atoms with Crippen LogP contribution in [0.1, 0.15) is 19.8 Å². The molecule has 1 fully saturated rings. The van der Waals surface area contributed by atoms with E-state index in [1.54, 1.807) is 12.5 Å². The van der Waals surface area contributed by atoms with Crippen LogP contribution in [0.5, 0.6) is 0 Å². The highest BCUT2D eigenvalue weighted by atomic mass is 15.1. The highest BCUT2D eigenvalue weighted by Gasteiger charge is 2.12. The van der Waals surface area contributed by atoms with Crippen molar-refractivity contribution in [2.45, 2.75) is 19.8 Å². The molecule has 1 rings (SSSR count). The summed E-state index contributed by atoms with van der Waals surface area (Å²) in [6, 6.07) is 0. The maximum Gasteiger partial charge on any atom is 0.207 e.